The summed E-state index contributed by atoms with van der Waals surface area (Å²) < 4.78 is 1.95. The van der Waals surface area contributed by atoms with Crippen molar-refractivity contribution >= 4 is 49.1 Å². The van der Waals surface area contributed by atoms with Crippen molar-refractivity contribution in [3.63, 3.8) is 0 Å². The molecule has 1 atom stereocenters. The Hall–Kier alpha value is -0.550. The quantitative estimate of drug-likeness (QED) is 0.749. The largest absolute Gasteiger partial charge is 0.394 e. The number of rotatable bonds is 4. The SMILES string of the molecule is OCC(Nc1ccc(Cl)cc1)c1ccc(Br)c(Br)c1. The number of halogens is 3. The molecule has 0 saturated heterocycles. The number of hydrogen-bond donors (Lipinski definition) is 2. The second-order valence-corrected chi connectivity index (χ2v) is 6.21. The van der Waals surface area contributed by atoms with Gasteiger partial charge in [0.2, 0.25) is 0 Å². The summed E-state index contributed by atoms with van der Waals surface area (Å²) in [6, 6.07) is 13.1. The van der Waals surface area contributed by atoms with E-state index in [4.69, 9.17) is 11.6 Å². The molecule has 0 aliphatic heterocycles. The average Bonchev–Trinajstić information content (AvgIpc) is 2.41. The predicted octanol–water partition coefficient (Wildman–Crippen LogP) is 5.01. The van der Waals surface area contributed by atoms with Crippen LogP contribution in [-0.2, 0) is 0 Å². The minimum atomic E-state index is -0.162. The molecule has 0 aliphatic rings. The molecule has 0 fully saturated rings. The van der Waals surface area contributed by atoms with E-state index < -0.39 is 0 Å². The fraction of sp³-hybridized carbons (Fsp3) is 0.143. The van der Waals surface area contributed by atoms with E-state index in [9.17, 15) is 5.11 Å². The number of aliphatic hydroxyl groups excluding tert-OH is 1. The van der Waals surface area contributed by atoms with Gasteiger partial charge in [-0.1, -0.05) is 17.7 Å². The van der Waals surface area contributed by atoms with Gasteiger partial charge in [0.15, 0.2) is 0 Å². The van der Waals surface area contributed by atoms with Gasteiger partial charge in [0.1, 0.15) is 0 Å². The van der Waals surface area contributed by atoms with E-state index in [0.717, 1.165) is 20.2 Å². The van der Waals surface area contributed by atoms with Crippen molar-refractivity contribution in [2.24, 2.45) is 0 Å². The first-order chi connectivity index (χ1) is 9.10. The van der Waals surface area contributed by atoms with Crippen molar-refractivity contribution in [1.82, 2.24) is 0 Å². The van der Waals surface area contributed by atoms with Crippen LogP contribution < -0.4 is 5.32 Å². The van der Waals surface area contributed by atoms with Gasteiger partial charge in [0, 0.05) is 19.7 Å². The average molecular weight is 406 g/mol. The van der Waals surface area contributed by atoms with Crippen molar-refractivity contribution < 1.29 is 5.11 Å². The standard InChI is InChI=1S/C14H12Br2ClNO/c15-12-6-1-9(7-13(12)16)14(8-19)18-11-4-2-10(17)3-5-11/h1-7,14,18-19H,8H2. The van der Waals surface area contributed by atoms with Crippen LogP contribution in [0.15, 0.2) is 51.4 Å². The summed E-state index contributed by atoms with van der Waals surface area (Å²) in [5.41, 5.74) is 1.93. The van der Waals surface area contributed by atoms with Gasteiger partial charge in [-0.05, 0) is 73.8 Å². The van der Waals surface area contributed by atoms with E-state index in [0.29, 0.717) is 5.02 Å². The van der Waals surface area contributed by atoms with Crippen LogP contribution in [0.2, 0.25) is 5.02 Å². The van der Waals surface area contributed by atoms with Crippen LogP contribution in [0.5, 0.6) is 0 Å². The van der Waals surface area contributed by atoms with Crippen LogP contribution in [0.1, 0.15) is 11.6 Å². The number of anilines is 1. The van der Waals surface area contributed by atoms with Crippen LogP contribution in [0.25, 0.3) is 0 Å². The van der Waals surface area contributed by atoms with Crippen LogP contribution in [0.3, 0.4) is 0 Å². The third-order valence-electron chi connectivity index (χ3n) is 2.71. The summed E-state index contributed by atoms with van der Waals surface area (Å²) in [6.45, 7) is 0.0106. The molecule has 2 aromatic rings. The Morgan fingerprint density at radius 3 is 2.32 bits per heavy atom. The lowest BCUT2D eigenvalue weighted by atomic mass is 10.1. The van der Waals surface area contributed by atoms with Crippen molar-refractivity contribution in [2.75, 3.05) is 11.9 Å². The summed E-state index contributed by atoms with van der Waals surface area (Å²) in [5.74, 6) is 0. The van der Waals surface area contributed by atoms with E-state index in [2.05, 4.69) is 37.2 Å². The normalized spacial score (nSPS) is 12.2. The molecule has 0 aliphatic carbocycles. The topological polar surface area (TPSA) is 32.3 Å². The van der Waals surface area contributed by atoms with Gasteiger partial charge in [0.25, 0.3) is 0 Å². The Kier molecular flexibility index (Phi) is 5.28. The fourth-order valence-corrected chi connectivity index (χ4v) is 2.48. The molecule has 0 spiro atoms. The molecule has 2 nitrogen and oxygen atoms in total. The second kappa shape index (κ2) is 6.75. The number of hydrogen-bond acceptors (Lipinski definition) is 2. The van der Waals surface area contributed by atoms with Gasteiger partial charge in [-0.2, -0.15) is 0 Å². The molecule has 5 heteroatoms. The molecule has 0 bridgehead atoms. The summed E-state index contributed by atoms with van der Waals surface area (Å²) in [6.07, 6.45) is 0. The van der Waals surface area contributed by atoms with Crippen LogP contribution in [-0.4, -0.2) is 11.7 Å². The molecular formula is C14H12Br2ClNO. The molecule has 19 heavy (non-hydrogen) atoms. The van der Waals surface area contributed by atoms with Crippen molar-refractivity contribution in [2.45, 2.75) is 6.04 Å². The fourth-order valence-electron chi connectivity index (χ4n) is 1.71. The second-order valence-electron chi connectivity index (χ2n) is 4.06. The van der Waals surface area contributed by atoms with E-state index in [1.54, 1.807) is 0 Å². The summed E-state index contributed by atoms with van der Waals surface area (Å²) >= 11 is 12.7. The Balaban J connectivity index is 2.19. The highest BCUT2D eigenvalue weighted by Crippen LogP contribution is 2.28. The third-order valence-corrected chi connectivity index (χ3v) is 4.85. The summed E-state index contributed by atoms with van der Waals surface area (Å²) in [7, 11) is 0. The maximum atomic E-state index is 9.54. The maximum Gasteiger partial charge on any atom is 0.0745 e. The Bertz CT molecular complexity index is 560. The highest BCUT2D eigenvalue weighted by Gasteiger charge is 2.11. The van der Waals surface area contributed by atoms with Gasteiger partial charge in [-0.15, -0.1) is 0 Å². The first kappa shape index (κ1) is 14.9. The van der Waals surface area contributed by atoms with Gasteiger partial charge in [-0.3, -0.25) is 0 Å². The first-order valence-corrected chi connectivity index (χ1v) is 7.64. The molecule has 0 amide bonds. The van der Waals surface area contributed by atoms with E-state index in [1.807, 2.05) is 42.5 Å². The molecule has 2 aromatic carbocycles. The predicted molar refractivity (Wildman–Crippen MR) is 86.7 cm³/mol. The zero-order valence-corrected chi connectivity index (χ0v) is 13.8. The van der Waals surface area contributed by atoms with Crippen LogP contribution >= 0.6 is 43.5 Å². The lowest BCUT2D eigenvalue weighted by Crippen LogP contribution is -2.14. The third kappa shape index (κ3) is 3.96. The summed E-state index contributed by atoms with van der Waals surface area (Å²) in [4.78, 5) is 0. The monoisotopic (exact) mass is 403 g/mol. The van der Waals surface area contributed by atoms with Crippen molar-refractivity contribution in [1.29, 1.82) is 0 Å². The summed E-state index contributed by atoms with van der Waals surface area (Å²) in [5, 5.41) is 13.5. The Labute approximate surface area is 134 Å². The minimum absolute atomic E-state index is 0.0106. The molecule has 1 unspecified atom stereocenters. The number of benzene rings is 2. The molecule has 100 valence electrons. The molecule has 0 heterocycles. The molecule has 0 radical (unpaired) electrons. The molecule has 0 aromatic heterocycles. The van der Waals surface area contributed by atoms with Gasteiger partial charge < -0.3 is 10.4 Å². The van der Waals surface area contributed by atoms with Gasteiger partial charge in [0.05, 0.1) is 12.6 Å². The Morgan fingerprint density at radius 1 is 1.05 bits per heavy atom. The van der Waals surface area contributed by atoms with E-state index >= 15 is 0 Å². The zero-order valence-electron chi connectivity index (χ0n) is 9.91. The first-order valence-electron chi connectivity index (χ1n) is 5.68. The number of aliphatic hydroxyl groups is 1. The van der Waals surface area contributed by atoms with Gasteiger partial charge in [-0.25, -0.2) is 0 Å². The molecular weight excluding hydrogens is 393 g/mol. The van der Waals surface area contributed by atoms with Crippen molar-refractivity contribution in [3.8, 4) is 0 Å². The smallest absolute Gasteiger partial charge is 0.0745 e. The molecule has 2 rings (SSSR count). The van der Waals surface area contributed by atoms with Crippen LogP contribution in [0.4, 0.5) is 5.69 Å². The molecule has 2 N–H and O–H groups in total. The maximum absolute atomic E-state index is 9.54. The highest BCUT2D eigenvalue weighted by atomic mass is 79.9. The van der Waals surface area contributed by atoms with E-state index in [1.165, 1.54) is 0 Å². The Morgan fingerprint density at radius 2 is 1.74 bits per heavy atom. The minimum Gasteiger partial charge on any atom is -0.394 e. The lowest BCUT2D eigenvalue weighted by Gasteiger charge is -2.18. The highest BCUT2D eigenvalue weighted by molar-refractivity contribution is 9.13. The van der Waals surface area contributed by atoms with E-state index in [-0.39, 0.29) is 12.6 Å². The zero-order chi connectivity index (χ0) is 13.8. The van der Waals surface area contributed by atoms with Crippen molar-refractivity contribution in [3.05, 3.63) is 62.0 Å². The van der Waals surface area contributed by atoms with Crippen LogP contribution in [0, 0.1) is 0 Å². The van der Waals surface area contributed by atoms with Gasteiger partial charge >= 0.3 is 0 Å². The lowest BCUT2D eigenvalue weighted by molar-refractivity contribution is 0.276. The number of nitrogens with one attached hydrogen (secondary N) is 1. The molecule has 0 saturated carbocycles.